The minimum Gasteiger partial charge on any atom is -0.406 e. The first-order valence-electron chi connectivity index (χ1n) is 4.45. The second kappa shape index (κ2) is 4.82. The van der Waals surface area contributed by atoms with E-state index in [1.165, 1.54) is 18.2 Å². The van der Waals surface area contributed by atoms with Gasteiger partial charge in [-0.2, -0.15) is 0 Å². The number of alkyl halides is 4. The van der Waals surface area contributed by atoms with Gasteiger partial charge in [0.25, 0.3) is 0 Å². The fourth-order valence-corrected chi connectivity index (χ4v) is 1.50. The first kappa shape index (κ1) is 13.0. The van der Waals surface area contributed by atoms with Gasteiger partial charge in [-0.25, -0.2) is 0 Å². The molecule has 1 aromatic carbocycles. The lowest BCUT2D eigenvalue weighted by Crippen LogP contribution is -2.18. The molecule has 0 radical (unpaired) electrons. The Hall–Kier alpha value is -1.10. The maximum absolute atomic E-state index is 12.0. The molecule has 0 spiro atoms. The van der Waals surface area contributed by atoms with Crippen molar-refractivity contribution in [2.75, 3.05) is 19.0 Å². The van der Waals surface area contributed by atoms with Gasteiger partial charge in [0.15, 0.2) is 0 Å². The van der Waals surface area contributed by atoms with E-state index in [0.29, 0.717) is 5.69 Å². The van der Waals surface area contributed by atoms with Gasteiger partial charge in [0.2, 0.25) is 0 Å². The lowest BCUT2D eigenvalue weighted by Gasteiger charge is -2.18. The molecule has 0 heterocycles. The minimum atomic E-state index is -4.67. The molecule has 0 aliphatic heterocycles. The Labute approximate surface area is 96.6 Å². The Morgan fingerprint density at radius 1 is 1.31 bits per heavy atom. The number of nitrogens with zero attached hydrogens (tertiary/aromatic N) is 1. The number of hydrogen-bond donors (Lipinski definition) is 0. The zero-order chi connectivity index (χ0) is 12.3. The van der Waals surface area contributed by atoms with E-state index in [2.05, 4.69) is 4.74 Å². The molecule has 16 heavy (non-hydrogen) atoms. The van der Waals surface area contributed by atoms with Crippen LogP contribution in [0, 0.1) is 0 Å². The Balaban J connectivity index is 3.02. The molecule has 0 saturated carbocycles. The molecular formula is C10H11ClF3NO. The molecule has 0 atom stereocenters. The van der Waals surface area contributed by atoms with E-state index in [1.54, 1.807) is 19.0 Å². The van der Waals surface area contributed by atoms with Gasteiger partial charge < -0.3 is 9.64 Å². The third-order valence-electron chi connectivity index (χ3n) is 1.92. The zero-order valence-corrected chi connectivity index (χ0v) is 9.56. The molecule has 0 bridgehead atoms. The second-order valence-corrected chi connectivity index (χ2v) is 3.63. The van der Waals surface area contributed by atoms with Crippen LogP contribution in [0.4, 0.5) is 18.9 Å². The molecule has 0 saturated heterocycles. The van der Waals surface area contributed by atoms with Crippen LogP contribution in [0.2, 0.25) is 0 Å². The zero-order valence-electron chi connectivity index (χ0n) is 8.81. The van der Waals surface area contributed by atoms with Crippen LogP contribution in [-0.4, -0.2) is 20.5 Å². The van der Waals surface area contributed by atoms with Crippen molar-refractivity contribution in [3.05, 3.63) is 23.8 Å². The van der Waals surface area contributed by atoms with Gasteiger partial charge in [-0.1, -0.05) is 6.07 Å². The molecule has 0 aromatic heterocycles. The molecule has 0 aliphatic rings. The van der Waals surface area contributed by atoms with Gasteiger partial charge in [-0.05, 0) is 11.6 Å². The molecule has 0 fully saturated rings. The SMILES string of the molecule is CN(C)c1cc(OC(F)(F)F)ccc1CCl. The summed E-state index contributed by atoms with van der Waals surface area (Å²) in [4.78, 5) is 1.68. The molecule has 90 valence electrons. The Kier molecular flexibility index (Phi) is 3.91. The fraction of sp³-hybridized carbons (Fsp3) is 0.400. The summed E-state index contributed by atoms with van der Waals surface area (Å²) in [7, 11) is 3.45. The Bertz CT molecular complexity index is 366. The minimum absolute atomic E-state index is 0.236. The van der Waals surface area contributed by atoms with E-state index in [-0.39, 0.29) is 11.6 Å². The van der Waals surface area contributed by atoms with E-state index >= 15 is 0 Å². The van der Waals surface area contributed by atoms with Gasteiger partial charge in [-0.15, -0.1) is 24.8 Å². The van der Waals surface area contributed by atoms with Gasteiger partial charge in [0.1, 0.15) is 5.75 Å². The molecule has 6 heteroatoms. The second-order valence-electron chi connectivity index (χ2n) is 3.37. The normalized spacial score (nSPS) is 11.4. The van der Waals surface area contributed by atoms with Crippen LogP contribution >= 0.6 is 11.6 Å². The molecule has 1 aromatic rings. The fourth-order valence-electron chi connectivity index (χ4n) is 1.27. The number of anilines is 1. The lowest BCUT2D eigenvalue weighted by atomic mass is 10.2. The van der Waals surface area contributed by atoms with Crippen LogP contribution in [-0.2, 0) is 5.88 Å². The van der Waals surface area contributed by atoms with Gasteiger partial charge >= 0.3 is 6.36 Å². The summed E-state index contributed by atoms with van der Waals surface area (Å²) in [6.07, 6.45) is -4.67. The summed E-state index contributed by atoms with van der Waals surface area (Å²) in [6, 6.07) is 4.08. The van der Waals surface area contributed by atoms with E-state index in [9.17, 15) is 13.2 Å². The smallest absolute Gasteiger partial charge is 0.406 e. The standard InChI is InChI=1S/C10H11ClF3NO/c1-15(2)9-5-8(16-10(12,13)14)4-3-7(9)6-11/h3-5H,6H2,1-2H3. The molecule has 0 amide bonds. The summed E-state index contributed by atoms with van der Waals surface area (Å²) < 4.78 is 39.8. The number of ether oxygens (including phenoxy) is 1. The molecule has 2 nitrogen and oxygen atoms in total. The highest BCUT2D eigenvalue weighted by molar-refractivity contribution is 6.17. The van der Waals surface area contributed by atoms with Crippen molar-refractivity contribution >= 4 is 17.3 Å². The monoisotopic (exact) mass is 253 g/mol. The summed E-state index contributed by atoms with van der Waals surface area (Å²) in [5.74, 6) is -0.00938. The largest absolute Gasteiger partial charge is 0.573 e. The molecule has 1 rings (SSSR count). The van der Waals surface area contributed by atoms with Crippen molar-refractivity contribution in [1.82, 2.24) is 0 Å². The average Bonchev–Trinajstić information content (AvgIpc) is 2.15. The van der Waals surface area contributed by atoms with Crippen molar-refractivity contribution in [3.63, 3.8) is 0 Å². The maximum atomic E-state index is 12.0. The summed E-state index contributed by atoms with van der Waals surface area (Å²) >= 11 is 5.67. The van der Waals surface area contributed by atoms with E-state index < -0.39 is 6.36 Å². The van der Waals surface area contributed by atoms with Gasteiger partial charge in [0, 0.05) is 31.7 Å². The van der Waals surface area contributed by atoms with Crippen molar-refractivity contribution in [2.24, 2.45) is 0 Å². The molecule has 0 N–H and O–H groups in total. The summed E-state index contributed by atoms with van der Waals surface area (Å²) in [5.41, 5.74) is 1.36. The van der Waals surface area contributed by atoms with E-state index in [1.807, 2.05) is 0 Å². The Morgan fingerprint density at radius 3 is 2.38 bits per heavy atom. The average molecular weight is 254 g/mol. The number of hydrogen-bond acceptors (Lipinski definition) is 2. The van der Waals surface area contributed by atoms with Crippen molar-refractivity contribution in [3.8, 4) is 5.75 Å². The van der Waals surface area contributed by atoms with Crippen LogP contribution < -0.4 is 9.64 Å². The summed E-state index contributed by atoms with van der Waals surface area (Å²) in [6.45, 7) is 0. The Morgan fingerprint density at radius 2 is 1.94 bits per heavy atom. The highest BCUT2D eigenvalue weighted by Crippen LogP contribution is 2.29. The summed E-state index contributed by atoms with van der Waals surface area (Å²) in [5, 5.41) is 0. The molecule has 0 aliphatic carbocycles. The van der Waals surface area contributed by atoms with Crippen LogP contribution in [0.1, 0.15) is 5.56 Å². The van der Waals surface area contributed by atoms with Crippen LogP contribution in [0.3, 0.4) is 0 Å². The first-order chi connectivity index (χ1) is 7.33. The third kappa shape index (κ3) is 3.48. The maximum Gasteiger partial charge on any atom is 0.573 e. The quantitative estimate of drug-likeness (QED) is 0.766. The van der Waals surface area contributed by atoms with Crippen LogP contribution in [0.25, 0.3) is 0 Å². The first-order valence-corrected chi connectivity index (χ1v) is 4.99. The van der Waals surface area contributed by atoms with Gasteiger partial charge in [-0.3, -0.25) is 0 Å². The van der Waals surface area contributed by atoms with Crippen molar-refractivity contribution < 1.29 is 17.9 Å². The van der Waals surface area contributed by atoms with Crippen LogP contribution in [0.15, 0.2) is 18.2 Å². The number of rotatable bonds is 3. The van der Waals surface area contributed by atoms with Crippen LogP contribution in [0.5, 0.6) is 5.75 Å². The number of halogens is 4. The van der Waals surface area contributed by atoms with E-state index in [0.717, 1.165) is 5.56 Å². The number of benzene rings is 1. The highest BCUT2D eigenvalue weighted by atomic mass is 35.5. The highest BCUT2D eigenvalue weighted by Gasteiger charge is 2.31. The van der Waals surface area contributed by atoms with Crippen molar-refractivity contribution in [2.45, 2.75) is 12.2 Å². The lowest BCUT2D eigenvalue weighted by molar-refractivity contribution is -0.274. The molecular weight excluding hydrogens is 243 g/mol. The van der Waals surface area contributed by atoms with Crippen molar-refractivity contribution in [1.29, 1.82) is 0 Å². The topological polar surface area (TPSA) is 12.5 Å². The third-order valence-corrected chi connectivity index (χ3v) is 2.20. The molecule has 0 unspecified atom stereocenters. The van der Waals surface area contributed by atoms with E-state index in [4.69, 9.17) is 11.6 Å². The predicted octanol–water partition coefficient (Wildman–Crippen LogP) is 3.39. The predicted molar refractivity (Wildman–Crippen MR) is 57.0 cm³/mol. The van der Waals surface area contributed by atoms with Gasteiger partial charge in [0.05, 0.1) is 0 Å².